The third-order valence-electron chi connectivity index (χ3n) is 2.42. The lowest BCUT2D eigenvalue weighted by molar-refractivity contribution is -0.136. The third kappa shape index (κ3) is 4.08. The summed E-state index contributed by atoms with van der Waals surface area (Å²) < 4.78 is 1.46. The predicted molar refractivity (Wildman–Crippen MR) is 67.6 cm³/mol. The minimum Gasteiger partial charge on any atom is -0.382 e. The number of aromatic nitrogens is 2. The molecule has 0 spiro atoms. The van der Waals surface area contributed by atoms with Crippen LogP contribution in [0.4, 0.5) is 5.82 Å². The molecule has 1 heterocycles. The van der Waals surface area contributed by atoms with Gasteiger partial charge in [0.15, 0.2) is 0 Å². The molecule has 0 aliphatic rings. The summed E-state index contributed by atoms with van der Waals surface area (Å²) in [5.41, 5.74) is 5.47. The third-order valence-corrected chi connectivity index (χ3v) is 2.42. The second kappa shape index (κ2) is 6.63. The van der Waals surface area contributed by atoms with Gasteiger partial charge in [-0.1, -0.05) is 6.92 Å². The van der Waals surface area contributed by atoms with Gasteiger partial charge >= 0.3 is 0 Å². The van der Waals surface area contributed by atoms with E-state index in [2.05, 4.69) is 10.4 Å². The lowest BCUT2D eigenvalue weighted by Crippen LogP contribution is -2.41. The first-order valence-electron chi connectivity index (χ1n) is 5.84. The average molecular weight is 253 g/mol. The lowest BCUT2D eigenvalue weighted by Gasteiger charge is -2.21. The normalized spacial score (nSPS) is 10.1. The molecule has 1 aromatic heterocycles. The Bertz CT molecular complexity index is 415. The summed E-state index contributed by atoms with van der Waals surface area (Å²) in [6.07, 6.45) is 2.43. The molecule has 0 saturated heterocycles. The highest BCUT2D eigenvalue weighted by Crippen LogP contribution is 1.99. The summed E-state index contributed by atoms with van der Waals surface area (Å²) in [6.45, 7) is 2.66. The fraction of sp³-hybridized carbons (Fsp3) is 0.545. The van der Waals surface area contributed by atoms with Crippen LogP contribution in [0.3, 0.4) is 0 Å². The fourth-order valence-corrected chi connectivity index (χ4v) is 1.52. The van der Waals surface area contributed by atoms with Crippen LogP contribution in [-0.2, 0) is 16.1 Å². The summed E-state index contributed by atoms with van der Waals surface area (Å²) in [4.78, 5) is 24.8. The van der Waals surface area contributed by atoms with E-state index in [4.69, 9.17) is 5.73 Å². The maximum absolute atomic E-state index is 12.0. The van der Waals surface area contributed by atoms with Crippen molar-refractivity contribution in [2.24, 2.45) is 0 Å². The quantitative estimate of drug-likeness (QED) is 0.711. The largest absolute Gasteiger partial charge is 0.382 e. The van der Waals surface area contributed by atoms with Gasteiger partial charge in [-0.15, -0.1) is 0 Å². The number of anilines is 1. The SMILES string of the molecule is CCCN(CC(=O)NC)C(=O)Cn1ccc(N)n1. The van der Waals surface area contributed by atoms with E-state index in [0.29, 0.717) is 12.4 Å². The van der Waals surface area contributed by atoms with Gasteiger partial charge in [0, 0.05) is 19.8 Å². The summed E-state index contributed by atoms with van der Waals surface area (Å²) in [5.74, 6) is 0.0384. The number of nitrogen functional groups attached to an aromatic ring is 1. The van der Waals surface area contributed by atoms with Crippen molar-refractivity contribution in [1.82, 2.24) is 20.0 Å². The Morgan fingerprint density at radius 3 is 2.78 bits per heavy atom. The van der Waals surface area contributed by atoms with E-state index in [1.807, 2.05) is 6.92 Å². The minimum atomic E-state index is -0.184. The number of rotatable bonds is 6. The summed E-state index contributed by atoms with van der Waals surface area (Å²) in [6, 6.07) is 1.62. The van der Waals surface area contributed by atoms with Crippen LogP contribution >= 0.6 is 0 Å². The Morgan fingerprint density at radius 2 is 2.28 bits per heavy atom. The second-order valence-corrected chi connectivity index (χ2v) is 3.93. The van der Waals surface area contributed by atoms with Crippen LogP contribution in [0.2, 0.25) is 0 Å². The van der Waals surface area contributed by atoms with Crippen LogP contribution < -0.4 is 11.1 Å². The van der Waals surface area contributed by atoms with E-state index in [0.717, 1.165) is 6.42 Å². The minimum absolute atomic E-state index is 0.0694. The average Bonchev–Trinajstić information content (AvgIpc) is 2.73. The summed E-state index contributed by atoms with van der Waals surface area (Å²) in [7, 11) is 1.55. The molecule has 7 nitrogen and oxygen atoms in total. The molecule has 100 valence electrons. The van der Waals surface area contributed by atoms with E-state index in [1.54, 1.807) is 19.3 Å². The zero-order valence-electron chi connectivity index (χ0n) is 10.7. The van der Waals surface area contributed by atoms with Crippen molar-refractivity contribution in [3.8, 4) is 0 Å². The topological polar surface area (TPSA) is 93.2 Å². The van der Waals surface area contributed by atoms with Gasteiger partial charge in [-0.2, -0.15) is 5.10 Å². The van der Waals surface area contributed by atoms with Crippen LogP contribution in [-0.4, -0.2) is 46.6 Å². The number of nitrogens with two attached hydrogens (primary N) is 1. The van der Waals surface area contributed by atoms with Crippen molar-refractivity contribution in [3.63, 3.8) is 0 Å². The molecule has 0 radical (unpaired) electrons. The number of nitrogens with one attached hydrogen (secondary N) is 1. The number of carbonyl (C=O) groups excluding carboxylic acids is 2. The lowest BCUT2D eigenvalue weighted by atomic mass is 10.3. The van der Waals surface area contributed by atoms with Crippen LogP contribution in [0.15, 0.2) is 12.3 Å². The molecule has 2 amide bonds. The van der Waals surface area contributed by atoms with Crippen LogP contribution in [0.25, 0.3) is 0 Å². The van der Waals surface area contributed by atoms with Crippen LogP contribution in [0, 0.1) is 0 Å². The van der Waals surface area contributed by atoms with Crippen molar-refractivity contribution in [3.05, 3.63) is 12.3 Å². The Balaban J connectivity index is 2.61. The molecule has 1 aromatic rings. The van der Waals surface area contributed by atoms with E-state index in [-0.39, 0.29) is 24.9 Å². The van der Waals surface area contributed by atoms with Crippen molar-refractivity contribution in [1.29, 1.82) is 0 Å². The molecular formula is C11H19N5O2. The Morgan fingerprint density at radius 1 is 1.56 bits per heavy atom. The number of likely N-dealkylation sites (N-methyl/N-ethyl adjacent to an activating group) is 1. The molecular weight excluding hydrogens is 234 g/mol. The first-order chi connectivity index (χ1) is 8.56. The van der Waals surface area contributed by atoms with Crippen molar-refractivity contribution < 1.29 is 9.59 Å². The highest BCUT2D eigenvalue weighted by molar-refractivity contribution is 5.84. The number of nitrogens with zero attached hydrogens (tertiary/aromatic N) is 3. The van der Waals surface area contributed by atoms with Crippen LogP contribution in [0.5, 0.6) is 0 Å². The Labute approximate surface area is 106 Å². The molecule has 3 N–H and O–H groups in total. The van der Waals surface area contributed by atoms with Gasteiger partial charge in [0.1, 0.15) is 12.4 Å². The van der Waals surface area contributed by atoms with Gasteiger partial charge in [-0.25, -0.2) is 0 Å². The molecule has 0 bridgehead atoms. The Hall–Kier alpha value is -2.05. The van der Waals surface area contributed by atoms with E-state index in [9.17, 15) is 9.59 Å². The monoisotopic (exact) mass is 253 g/mol. The molecule has 7 heteroatoms. The molecule has 0 fully saturated rings. The van der Waals surface area contributed by atoms with Crippen molar-refractivity contribution >= 4 is 17.6 Å². The van der Waals surface area contributed by atoms with Gasteiger partial charge in [0.2, 0.25) is 11.8 Å². The molecule has 0 unspecified atom stereocenters. The predicted octanol–water partition coefficient (Wildman–Crippen LogP) is -0.550. The van der Waals surface area contributed by atoms with E-state index in [1.165, 1.54) is 9.58 Å². The second-order valence-electron chi connectivity index (χ2n) is 3.93. The first-order valence-corrected chi connectivity index (χ1v) is 5.84. The zero-order chi connectivity index (χ0) is 13.5. The van der Waals surface area contributed by atoms with Gasteiger partial charge in [0.05, 0.1) is 6.54 Å². The van der Waals surface area contributed by atoms with Gasteiger partial charge in [-0.3, -0.25) is 14.3 Å². The Kier molecular flexibility index (Phi) is 5.16. The highest BCUT2D eigenvalue weighted by Gasteiger charge is 2.16. The van der Waals surface area contributed by atoms with Crippen LogP contribution in [0.1, 0.15) is 13.3 Å². The fourth-order valence-electron chi connectivity index (χ4n) is 1.52. The smallest absolute Gasteiger partial charge is 0.244 e. The maximum atomic E-state index is 12.0. The molecule has 0 aliphatic carbocycles. The van der Waals surface area contributed by atoms with Crippen molar-refractivity contribution in [2.45, 2.75) is 19.9 Å². The zero-order valence-corrected chi connectivity index (χ0v) is 10.7. The number of amides is 2. The standard InChI is InChI=1S/C11H19N5O2/c1-3-5-15(7-10(17)13-2)11(18)8-16-6-4-9(12)14-16/h4,6H,3,5,7-8H2,1-2H3,(H2,12,14)(H,13,17). The summed E-state index contributed by atoms with van der Waals surface area (Å²) >= 11 is 0. The first kappa shape index (κ1) is 14.0. The molecule has 0 saturated carbocycles. The molecule has 18 heavy (non-hydrogen) atoms. The maximum Gasteiger partial charge on any atom is 0.244 e. The molecule has 0 aliphatic heterocycles. The molecule has 1 rings (SSSR count). The molecule has 0 aromatic carbocycles. The number of hydrogen-bond donors (Lipinski definition) is 2. The van der Waals surface area contributed by atoms with E-state index < -0.39 is 0 Å². The van der Waals surface area contributed by atoms with Crippen molar-refractivity contribution in [2.75, 3.05) is 25.9 Å². The van der Waals surface area contributed by atoms with Gasteiger partial charge in [0.25, 0.3) is 0 Å². The number of hydrogen-bond acceptors (Lipinski definition) is 4. The number of carbonyl (C=O) groups is 2. The summed E-state index contributed by atoms with van der Waals surface area (Å²) in [5, 5.41) is 6.44. The van der Waals surface area contributed by atoms with Gasteiger partial charge in [-0.05, 0) is 12.5 Å². The molecule has 0 atom stereocenters. The highest BCUT2D eigenvalue weighted by atomic mass is 16.2. The van der Waals surface area contributed by atoms with Gasteiger partial charge < -0.3 is 16.0 Å². The van der Waals surface area contributed by atoms with E-state index >= 15 is 0 Å².